The summed E-state index contributed by atoms with van der Waals surface area (Å²) in [6.45, 7) is 3.14. The number of carboxylic acid groups (broad SMARTS) is 1. The van der Waals surface area contributed by atoms with Gasteiger partial charge in [-0.05, 0) is 6.92 Å². The normalized spacial score (nSPS) is 11.7. The highest BCUT2D eigenvalue weighted by atomic mass is 32.2. The number of hydrogen-bond donors (Lipinski definition) is 3. The fraction of sp³-hybridized carbons (Fsp3) is 0.455. The first-order valence-corrected chi connectivity index (χ1v) is 6.77. The van der Waals surface area contributed by atoms with Gasteiger partial charge in [0.05, 0.1) is 12.9 Å². The number of amides is 1. The molecule has 1 amide bonds. The van der Waals surface area contributed by atoms with E-state index >= 15 is 0 Å². The molecule has 3 N–H and O–H groups in total. The Morgan fingerprint density at radius 3 is 2.80 bits per heavy atom. The molecule has 20 heavy (non-hydrogen) atoms. The highest BCUT2D eigenvalue weighted by Gasteiger charge is 2.22. The molecule has 0 bridgehead atoms. The van der Waals surface area contributed by atoms with E-state index in [4.69, 9.17) is 9.84 Å². The van der Waals surface area contributed by atoms with E-state index in [9.17, 15) is 14.4 Å². The van der Waals surface area contributed by atoms with Gasteiger partial charge >= 0.3 is 11.9 Å². The van der Waals surface area contributed by atoms with Gasteiger partial charge in [0, 0.05) is 12.7 Å². The monoisotopic (exact) mass is 301 g/mol. The van der Waals surface area contributed by atoms with Crippen molar-refractivity contribution >= 4 is 29.6 Å². The zero-order chi connectivity index (χ0) is 15.1. The lowest BCUT2D eigenvalue weighted by Gasteiger charge is -2.12. The van der Waals surface area contributed by atoms with Crippen LogP contribution >= 0.6 is 11.8 Å². The van der Waals surface area contributed by atoms with Gasteiger partial charge < -0.3 is 20.1 Å². The number of ether oxygens (including phenoxy) is 1. The van der Waals surface area contributed by atoms with Crippen molar-refractivity contribution in [1.82, 2.24) is 15.3 Å². The SMILES string of the molecule is CCOC(=O)c1[nH]cnc1SC[C@H](NC(C)=O)C(=O)O. The largest absolute Gasteiger partial charge is 0.480 e. The summed E-state index contributed by atoms with van der Waals surface area (Å²) in [5, 5.41) is 11.6. The van der Waals surface area contributed by atoms with E-state index < -0.39 is 23.9 Å². The molecular formula is C11H15N3O5S. The Bertz CT molecular complexity index is 502. The molecule has 0 fully saturated rings. The molecule has 0 saturated heterocycles. The van der Waals surface area contributed by atoms with Crippen LogP contribution in [0, 0.1) is 0 Å². The van der Waals surface area contributed by atoms with Crippen molar-refractivity contribution in [3.05, 3.63) is 12.0 Å². The number of nitrogens with one attached hydrogen (secondary N) is 2. The summed E-state index contributed by atoms with van der Waals surface area (Å²) in [6, 6.07) is -1.05. The van der Waals surface area contributed by atoms with E-state index in [1.54, 1.807) is 6.92 Å². The summed E-state index contributed by atoms with van der Waals surface area (Å²) in [5.74, 6) is -2.10. The number of aromatic nitrogens is 2. The smallest absolute Gasteiger partial charge is 0.357 e. The summed E-state index contributed by atoms with van der Waals surface area (Å²) < 4.78 is 4.84. The number of imidazole rings is 1. The Morgan fingerprint density at radius 2 is 2.25 bits per heavy atom. The van der Waals surface area contributed by atoms with Crippen LogP contribution < -0.4 is 5.32 Å². The minimum Gasteiger partial charge on any atom is -0.480 e. The lowest BCUT2D eigenvalue weighted by Crippen LogP contribution is -2.41. The van der Waals surface area contributed by atoms with Crippen LogP contribution in [0.25, 0.3) is 0 Å². The minimum atomic E-state index is -1.15. The fourth-order valence-corrected chi connectivity index (χ4v) is 2.29. The quantitative estimate of drug-likeness (QED) is 0.488. The molecule has 1 heterocycles. The van der Waals surface area contributed by atoms with Gasteiger partial charge in [0.2, 0.25) is 5.91 Å². The molecule has 0 radical (unpaired) electrons. The lowest BCUT2D eigenvalue weighted by molar-refractivity contribution is -0.140. The Morgan fingerprint density at radius 1 is 1.55 bits per heavy atom. The average Bonchev–Trinajstić information content (AvgIpc) is 2.82. The van der Waals surface area contributed by atoms with Gasteiger partial charge in [-0.3, -0.25) is 4.79 Å². The number of carbonyl (C=O) groups excluding carboxylic acids is 2. The third kappa shape index (κ3) is 4.57. The number of carboxylic acids is 1. The number of aromatic amines is 1. The molecule has 9 heteroatoms. The number of hydrogen-bond acceptors (Lipinski definition) is 6. The maximum absolute atomic E-state index is 11.6. The molecule has 0 saturated carbocycles. The number of aliphatic carboxylic acids is 1. The van der Waals surface area contributed by atoms with Crippen molar-refractivity contribution in [1.29, 1.82) is 0 Å². The predicted molar refractivity (Wildman–Crippen MR) is 70.5 cm³/mol. The van der Waals surface area contributed by atoms with Crippen LogP contribution in [0.5, 0.6) is 0 Å². The van der Waals surface area contributed by atoms with Crippen molar-refractivity contribution in [2.24, 2.45) is 0 Å². The van der Waals surface area contributed by atoms with Gasteiger partial charge in [-0.2, -0.15) is 0 Å². The van der Waals surface area contributed by atoms with Gasteiger partial charge in [-0.1, -0.05) is 0 Å². The Kier molecular flexibility index (Phi) is 6.04. The second-order valence-electron chi connectivity index (χ2n) is 3.71. The molecule has 8 nitrogen and oxygen atoms in total. The van der Waals surface area contributed by atoms with Crippen LogP contribution in [0.4, 0.5) is 0 Å². The van der Waals surface area contributed by atoms with Crippen molar-refractivity contribution in [3.63, 3.8) is 0 Å². The molecule has 0 unspecified atom stereocenters. The Hall–Kier alpha value is -2.03. The van der Waals surface area contributed by atoms with Gasteiger partial charge in [0.25, 0.3) is 0 Å². The molecule has 0 aliphatic heterocycles. The minimum absolute atomic E-state index is 0.0478. The molecule has 0 aliphatic rings. The first-order chi connectivity index (χ1) is 9.45. The van der Waals surface area contributed by atoms with Crippen molar-refractivity contribution in [3.8, 4) is 0 Å². The molecular weight excluding hydrogens is 286 g/mol. The van der Waals surface area contributed by atoms with Gasteiger partial charge in [-0.25, -0.2) is 14.6 Å². The number of H-pyrrole nitrogens is 1. The second-order valence-corrected chi connectivity index (χ2v) is 4.71. The lowest BCUT2D eigenvalue weighted by atomic mass is 10.3. The van der Waals surface area contributed by atoms with Crippen LogP contribution in [-0.2, 0) is 14.3 Å². The first kappa shape index (κ1) is 16.0. The number of esters is 1. The van der Waals surface area contributed by atoms with E-state index in [0.717, 1.165) is 11.8 Å². The number of rotatable bonds is 7. The number of nitrogens with zero attached hydrogens (tertiary/aromatic N) is 1. The number of thioether (sulfide) groups is 1. The summed E-state index contributed by atoms with van der Waals surface area (Å²) in [4.78, 5) is 40.0. The molecule has 1 aromatic heterocycles. The Labute approximate surface area is 119 Å². The van der Waals surface area contributed by atoms with E-state index in [1.165, 1.54) is 13.3 Å². The molecule has 0 aliphatic carbocycles. The zero-order valence-electron chi connectivity index (χ0n) is 11.0. The van der Waals surface area contributed by atoms with Crippen LogP contribution in [0.15, 0.2) is 11.4 Å². The third-order valence-corrected chi connectivity index (χ3v) is 3.23. The van der Waals surface area contributed by atoms with E-state index in [1.807, 2.05) is 0 Å². The zero-order valence-corrected chi connectivity index (χ0v) is 11.8. The van der Waals surface area contributed by atoms with E-state index in [-0.39, 0.29) is 18.1 Å². The number of carbonyl (C=O) groups is 3. The van der Waals surface area contributed by atoms with Crippen molar-refractivity contribution in [2.75, 3.05) is 12.4 Å². The standard InChI is InChI=1S/C11H15N3O5S/c1-3-19-11(18)8-9(13-5-12-8)20-4-7(10(16)17)14-6(2)15/h5,7H,3-4H2,1-2H3,(H,12,13)(H,14,15)(H,16,17)/t7-/m0/s1. The maximum Gasteiger partial charge on any atom is 0.357 e. The van der Waals surface area contributed by atoms with E-state index in [0.29, 0.717) is 5.03 Å². The van der Waals surface area contributed by atoms with Gasteiger partial charge in [0.1, 0.15) is 11.1 Å². The molecule has 0 spiro atoms. The molecule has 110 valence electrons. The maximum atomic E-state index is 11.6. The van der Waals surface area contributed by atoms with Gasteiger partial charge in [-0.15, -0.1) is 11.8 Å². The molecule has 1 aromatic rings. The predicted octanol–water partition coefficient (Wildman–Crippen LogP) is 0.268. The van der Waals surface area contributed by atoms with Crippen LogP contribution in [0.2, 0.25) is 0 Å². The van der Waals surface area contributed by atoms with Gasteiger partial charge in [0.15, 0.2) is 5.69 Å². The molecule has 1 rings (SSSR count). The summed E-state index contributed by atoms with van der Waals surface area (Å²) in [5.41, 5.74) is 0.170. The summed E-state index contributed by atoms with van der Waals surface area (Å²) in [7, 11) is 0. The van der Waals surface area contributed by atoms with Crippen LogP contribution in [0.1, 0.15) is 24.3 Å². The highest BCUT2D eigenvalue weighted by Crippen LogP contribution is 2.20. The van der Waals surface area contributed by atoms with Crippen LogP contribution in [0.3, 0.4) is 0 Å². The highest BCUT2D eigenvalue weighted by molar-refractivity contribution is 7.99. The Balaban J connectivity index is 2.69. The average molecular weight is 301 g/mol. The fourth-order valence-electron chi connectivity index (χ4n) is 1.32. The second kappa shape index (κ2) is 7.53. The topological polar surface area (TPSA) is 121 Å². The van der Waals surface area contributed by atoms with E-state index in [2.05, 4.69) is 15.3 Å². The van der Waals surface area contributed by atoms with Crippen molar-refractivity contribution in [2.45, 2.75) is 24.9 Å². The van der Waals surface area contributed by atoms with Crippen LogP contribution in [-0.4, -0.2) is 51.3 Å². The first-order valence-electron chi connectivity index (χ1n) is 5.78. The summed E-state index contributed by atoms with van der Waals surface area (Å²) >= 11 is 1.05. The molecule has 1 atom stereocenters. The molecule has 0 aromatic carbocycles. The van der Waals surface area contributed by atoms with Crippen molar-refractivity contribution < 1.29 is 24.2 Å². The summed E-state index contributed by atoms with van der Waals surface area (Å²) in [6.07, 6.45) is 1.32. The third-order valence-electron chi connectivity index (χ3n) is 2.15.